The molecule has 0 bridgehead atoms. The van der Waals surface area contributed by atoms with Gasteiger partial charge in [0.25, 0.3) is 0 Å². The van der Waals surface area contributed by atoms with Crippen LogP contribution >= 0.6 is 0 Å². The van der Waals surface area contributed by atoms with E-state index in [1.165, 1.54) is 5.39 Å². The Bertz CT molecular complexity index is 1700. The first-order chi connectivity index (χ1) is 14.9. The first-order valence-corrected chi connectivity index (χ1v) is 10.1. The van der Waals surface area contributed by atoms with Crippen LogP contribution < -0.4 is 0 Å². The molecule has 0 saturated heterocycles. The van der Waals surface area contributed by atoms with E-state index in [4.69, 9.17) is 9.40 Å². The van der Waals surface area contributed by atoms with E-state index >= 15 is 0 Å². The zero-order valence-electron chi connectivity index (χ0n) is 16.0. The van der Waals surface area contributed by atoms with Crippen molar-refractivity contribution in [1.82, 2.24) is 9.55 Å². The molecule has 3 nitrogen and oxygen atoms in total. The molecule has 3 heterocycles. The van der Waals surface area contributed by atoms with Crippen LogP contribution in [0.3, 0.4) is 0 Å². The topological polar surface area (TPSA) is 31.0 Å². The van der Waals surface area contributed by atoms with Gasteiger partial charge in [-0.3, -0.25) is 0 Å². The fourth-order valence-corrected chi connectivity index (χ4v) is 4.68. The van der Waals surface area contributed by atoms with E-state index < -0.39 is 0 Å². The van der Waals surface area contributed by atoms with Crippen LogP contribution in [0.5, 0.6) is 0 Å². The predicted octanol–water partition coefficient (Wildman–Crippen LogP) is 7.18. The second-order valence-electron chi connectivity index (χ2n) is 7.66. The van der Waals surface area contributed by atoms with E-state index in [2.05, 4.69) is 77.5 Å². The van der Waals surface area contributed by atoms with Gasteiger partial charge >= 0.3 is 0 Å². The zero-order valence-corrected chi connectivity index (χ0v) is 16.0. The smallest absolute Gasteiger partial charge is 0.137 e. The number of nitrogens with zero attached hydrogens (tertiary/aromatic N) is 2. The molecule has 140 valence electrons. The van der Waals surface area contributed by atoms with Gasteiger partial charge in [0.2, 0.25) is 0 Å². The molecule has 7 rings (SSSR count). The predicted molar refractivity (Wildman–Crippen MR) is 122 cm³/mol. The maximum Gasteiger partial charge on any atom is 0.137 e. The van der Waals surface area contributed by atoms with Crippen LogP contribution in [0.15, 0.2) is 102 Å². The molecule has 0 radical (unpaired) electrons. The van der Waals surface area contributed by atoms with Crippen molar-refractivity contribution in [3.05, 3.63) is 97.2 Å². The summed E-state index contributed by atoms with van der Waals surface area (Å²) in [6.07, 6.45) is 2.23. The van der Waals surface area contributed by atoms with Gasteiger partial charge in [0.15, 0.2) is 0 Å². The molecule has 0 fully saturated rings. The Morgan fingerprint density at radius 3 is 2.30 bits per heavy atom. The van der Waals surface area contributed by atoms with Crippen LogP contribution in [0.2, 0.25) is 0 Å². The van der Waals surface area contributed by atoms with E-state index in [0.717, 1.165) is 55.3 Å². The molecule has 0 spiro atoms. The summed E-state index contributed by atoms with van der Waals surface area (Å²) in [5.41, 5.74) is 7.29. The second kappa shape index (κ2) is 5.71. The lowest BCUT2D eigenvalue weighted by molar-refractivity contribution is 0.669. The van der Waals surface area contributed by atoms with E-state index in [-0.39, 0.29) is 0 Å². The second-order valence-corrected chi connectivity index (χ2v) is 7.66. The lowest BCUT2D eigenvalue weighted by atomic mass is 10.0. The number of hydrogen-bond donors (Lipinski definition) is 0. The number of benzene rings is 4. The molecule has 3 heteroatoms. The third-order valence-corrected chi connectivity index (χ3v) is 6.00. The highest BCUT2D eigenvalue weighted by molar-refractivity contribution is 6.11. The number of fused-ring (bicyclic) bond motifs is 8. The zero-order chi connectivity index (χ0) is 19.7. The van der Waals surface area contributed by atoms with E-state index in [0.29, 0.717) is 0 Å². The lowest BCUT2D eigenvalue weighted by Gasteiger charge is -2.16. The largest absolute Gasteiger partial charge is 0.456 e. The highest BCUT2D eigenvalue weighted by atomic mass is 16.3. The molecule has 30 heavy (non-hydrogen) atoms. The van der Waals surface area contributed by atoms with Crippen LogP contribution in [0.25, 0.3) is 60.7 Å². The molecule has 0 amide bonds. The summed E-state index contributed by atoms with van der Waals surface area (Å²) < 4.78 is 8.43. The van der Waals surface area contributed by atoms with Crippen molar-refractivity contribution < 1.29 is 4.42 Å². The Morgan fingerprint density at radius 2 is 1.37 bits per heavy atom. The van der Waals surface area contributed by atoms with Crippen molar-refractivity contribution in [2.75, 3.05) is 0 Å². The highest BCUT2D eigenvalue weighted by Gasteiger charge is 2.19. The molecule has 0 unspecified atom stereocenters. The lowest BCUT2D eigenvalue weighted by Crippen LogP contribution is -2.00. The average Bonchev–Trinajstić information content (AvgIpc) is 3.37. The summed E-state index contributed by atoms with van der Waals surface area (Å²) in [5, 5.41) is 4.59. The monoisotopic (exact) mass is 384 g/mol. The van der Waals surface area contributed by atoms with E-state index in [9.17, 15) is 0 Å². The van der Waals surface area contributed by atoms with Gasteiger partial charge in [-0.25, -0.2) is 4.98 Å². The number of hydrogen-bond acceptors (Lipinski definition) is 2. The molecule has 0 aliphatic carbocycles. The van der Waals surface area contributed by atoms with Crippen molar-refractivity contribution in [3.8, 4) is 16.9 Å². The average molecular weight is 384 g/mol. The highest BCUT2D eigenvalue weighted by Crippen LogP contribution is 2.40. The summed E-state index contributed by atoms with van der Waals surface area (Å²) in [6, 6.07) is 31.4. The maximum absolute atomic E-state index is 6.14. The first-order valence-electron chi connectivity index (χ1n) is 10.1. The summed E-state index contributed by atoms with van der Waals surface area (Å²) in [6.45, 7) is 0. The molecular formula is C27H16N2O. The molecule has 2 aliphatic heterocycles. The third kappa shape index (κ3) is 2.01. The SMILES string of the molecule is c1ccc2c3cn(-c4cccc5oc6ccccc6c45)c4ccccc4c-3nc2c1. The molecular weight excluding hydrogens is 368 g/mol. The Hall–Kier alpha value is -4.11. The van der Waals surface area contributed by atoms with Gasteiger partial charge in [-0.1, -0.05) is 60.7 Å². The van der Waals surface area contributed by atoms with Crippen LogP contribution in [-0.4, -0.2) is 9.55 Å². The normalized spacial score (nSPS) is 12.0. The van der Waals surface area contributed by atoms with Crippen LogP contribution in [-0.2, 0) is 0 Å². The number of rotatable bonds is 1. The number of furan rings is 1. The van der Waals surface area contributed by atoms with Crippen molar-refractivity contribution in [1.29, 1.82) is 0 Å². The van der Waals surface area contributed by atoms with Crippen LogP contribution in [0.1, 0.15) is 0 Å². The van der Waals surface area contributed by atoms with Gasteiger partial charge in [-0.15, -0.1) is 0 Å². The van der Waals surface area contributed by atoms with E-state index in [1.54, 1.807) is 0 Å². The van der Waals surface area contributed by atoms with Gasteiger partial charge in [0.1, 0.15) is 11.2 Å². The molecule has 0 saturated carbocycles. The molecule has 0 N–H and O–H groups in total. The Morgan fingerprint density at radius 1 is 0.633 bits per heavy atom. The number of para-hydroxylation sites is 3. The third-order valence-electron chi connectivity index (χ3n) is 6.00. The van der Waals surface area contributed by atoms with Crippen molar-refractivity contribution in [2.24, 2.45) is 0 Å². The minimum atomic E-state index is 0.899. The number of aromatic nitrogens is 2. The quantitative estimate of drug-likeness (QED) is 0.300. The van der Waals surface area contributed by atoms with Crippen molar-refractivity contribution in [3.63, 3.8) is 0 Å². The molecule has 2 aliphatic rings. The first kappa shape index (κ1) is 15.8. The van der Waals surface area contributed by atoms with Gasteiger partial charge in [-0.2, -0.15) is 0 Å². The van der Waals surface area contributed by atoms with Crippen LogP contribution in [0.4, 0.5) is 0 Å². The van der Waals surface area contributed by atoms with Gasteiger partial charge < -0.3 is 8.98 Å². The molecule has 5 aromatic rings. The fourth-order valence-electron chi connectivity index (χ4n) is 4.68. The fraction of sp³-hybridized carbons (Fsp3) is 0. The summed E-state index contributed by atoms with van der Waals surface area (Å²) >= 11 is 0. The molecule has 4 aromatic carbocycles. The molecule has 0 atom stereocenters. The Labute approximate surface area is 172 Å². The maximum atomic E-state index is 6.14. The number of pyridine rings is 1. The molecule has 1 aromatic heterocycles. The van der Waals surface area contributed by atoms with Gasteiger partial charge in [0.05, 0.1) is 27.8 Å². The van der Waals surface area contributed by atoms with Gasteiger partial charge in [-0.05, 0) is 30.3 Å². The van der Waals surface area contributed by atoms with Crippen molar-refractivity contribution in [2.45, 2.75) is 0 Å². The summed E-state index contributed by atoms with van der Waals surface area (Å²) in [5.74, 6) is 0. The minimum absolute atomic E-state index is 0.899. The summed E-state index contributed by atoms with van der Waals surface area (Å²) in [7, 11) is 0. The van der Waals surface area contributed by atoms with Gasteiger partial charge in [0, 0.05) is 27.9 Å². The summed E-state index contributed by atoms with van der Waals surface area (Å²) in [4.78, 5) is 4.95. The Kier molecular flexibility index (Phi) is 3.00. The van der Waals surface area contributed by atoms with Crippen LogP contribution in [0, 0.1) is 0 Å². The van der Waals surface area contributed by atoms with E-state index in [1.807, 2.05) is 24.3 Å². The Balaban J connectivity index is 1.70. The standard InChI is InChI=1S/C27H16N2O/c1-4-11-21-17(8-1)20-16-29(22-12-5-2-9-18(22)27(20)28-21)23-13-7-15-25-26(23)19-10-3-6-14-24(19)30-25/h1-16H. The minimum Gasteiger partial charge on any atom is -0.456 e. The van der Waals surface area contributed by atoms with Crippen molar-refractivity contribution >= 4 is 43.7 Å².